The number of carbonyl (C=O) groups excluding carboxylic acids is 1. The number of rotatable bonds is 7. The number of hydrogen-bond acceptors (Lipinski definition) is 2. The van der Waals surface area contributed by atoms with E-state index in [9.17, 15) is 9.59 Å². The van der Waals surface area contributed by atoms with Gasteiger partial charge in [0.2, 0.25) is 0 Å². The van der Waals surface area contributed by atoms with Gasteiger partial charge in [0.1, 0.15) is 0 Å². The Morgan fingerprint density at radius 1 is 1.22 bits per heavy atom. The lowest BCUT2D eigenvalue weighted by molar-refractivity contribution is -0.141. The predicted octanol–water partition coefficient (Wildman–Crippen LogP) is 2.17. The Bertz CT molecular complexity index is 279. The molecule has 0 rings (SSSR count). The molecule has 0 saturated heterocycles. The van der Waals surface area contributed by atoms with E-state index in [1.165, 1.54) is 4.90 Å². The highest BCUT2D eigenvalue weighted by Crippen LogP contribution is 2.06. The maximum Gasteiger partial charge on any atom is 0.317 e. The third kappa shape index (κ3) is 6.47. The van der Waals surface area contributed by atoms with Crippen LogP contribution in [0, 0.1) is 11.8 Å². The first-order chi connectivity index (χ1) is 8.27. The van der Waals surface area contributed by atoms with E-state index >= 15 is 0 Å². The van der Waals surface area contributed by atoms with Crippen LogP contribution in [0.4, 0.5) is 4.79 Å². The van der Waals surface area contributed by atoms with Crippen LogP contribution in [0.15, 0.2) is 0 Å². The Hall–Kier alpha value is -1.26. The van der Waals surface area contributed by atoms with Gasteiger partial charge >= 0.3 is 12.0 Å². The number of carboxylic acids is 1. The molecular weight excluding hydrogens is 232 g/mol. The molecule has 0 heterocycles. The van der Waals surface area contributed by atoms with Crippen LogP contribution in [0.2, 0.25) is 0 Å². The molecule has 5 heteroatoms. The maximum atomic E-state index is 11.9. The second-order valence-corrected chi connectivity index (χ2v) is 5.26. The third-order valence-electron chi connectivity index (χ3n) is 2.78. The molecule has 0 aromatic heterocycles. The second kappa shape index (κ2) is 7.95. The minimum Gasteiger partial charge on any atom is -0.481 e. The van der Waals surface area contributed by atoms with Crippen molar-refractivity contribution in [1.29, 1.82) is 0 Å². The fourth-order valence-electron chi connectivity index (χ4n) is 1.83. The van der Waals surface area contributed by atoms with Crippen LogP contribution >= 0.6 is 0 Å². The molecule has 0 aromatic rings. The van der Waals surface area contributed by atoms with Crippen LogP contribution in [0.5, 0.6) is 0 Å². The van der Waals surface area contributed by atoms with Gasteiger partial charge in [-0.25, -0.2) is 4.79 Å². The van der Waals surface area contributed by atoms with Crippen LogP contribution in [-0.4, -0.2) is 41.1 Å². The van der Waals surface area contributed by atoms with Crippen molar-refractivity contribution in [2.45, 2.75) is 47.1 Å². The van der Waals surface area contributed by atoms with E-state index in [-0.39, 0.29) is 18.6 Å². The van der Waals surface area contributed by atoms with Crippen LogP contribution in [0.25, 0.3) is 0 Å². The number of nitrogens with zero attached hydrogens (tertiary/aromatic N) is 1. The van der Waals surface area contributed by atoms with Crippen molar-refractivity contribution >= 4 is 12.0 Å². The quantitative estimate of drug-likeness (QED) is 0.735. The summed E-state index contributed by atoms with van der Waals surface area (Å²) in [6.45, 7) is 10.4. The molecule has 18 heavy (non-hydrogen) atoms. The average Bonchev–Trinajstić information content (AvgIpc) is 2.23. The molecule has 5 nitrogen and oxygen atoms in total. The molecule has 0 radical (unpaired) electrons. The Morgan fingerprint density at radius 3 is 2.17 bits per heavy atom. The Labute approximate surface area is 110 Å². The Morgan fingerprint density at radius 2 is 1.78 bits per heavy atom. The van der Waals surface area contributed by atoms with Gasteiger partial charge in [0.25, 0.3) is 0 Å². The molecule has 0 saturated carbocycles. The molecule has 2 amide bonds. The molecule has 2 N–H and O–H groups in total. The fraction of sp³-hybridized carbons (Fsp3) is 0.846. The van der Waals surface area contributed by atoms with E-state index < -0.39 is 11.9 Å². The lowest BCUT2D eigenvalue weighted by Gasteiger charge is -2.26. The lowest BCUT2D eigenvalue weighted by atomic mass is 10.1. The van der Waals surface area contributed by atoms with Crippen LogP contribution in [0.1, 0.15) is 41.0 Å². The van der Waals surface area contributed by atoms with Crippen molar-refractivity contribution in [2.24, 2.45) is 11.8 Å². The summed E-state index contributed by atoms with van der Waals surface area (Å²) in [6, 6.07) is -0.0783. The van der Waals surface area contributed by atoms with E-state index in [1.54, 1.807) is 6.92 Å². The molecule has 0 aromatic carbocycles. The number of hydrogen-bond donors (Lipinski definition) is 2. The molecule has 0 aliphatic heterocycles. The third-order valence-corrected chi connectivity index (χ3v) is 2.78. The highest BCUT2D eigenvalue weighted by molar-refractivity contribution is 5.76. The van der Waals surface area contributed by atoms with E-state index in [2.05, 4.69) is 19.2 Å². The van der Waals surface area contributed by atoms with Crippen molar-refractivity contribution in [3.63, 3.8) is 0 Å². The zero-order valence-corrected chi connectivity index (χ0v) is 12.1. The summed E-state index contributed by atoms with van der Waals surface area (Å²) in [6.07, 6.45) is 0.914. The number of carboxylic acid groups (broad SMARTS) is 1. The van der Waals surface area contributed by atoms with Gasteiger partial charge in [-0.1, -0.05) is 20.8 Å². The van der Waals surface area contributed by atoms with Gasteiger partial charge in [0.05, 0.1) is 5.92 Å². The Kier molecular flexibility index (Phi) is 7.39. The van der Waals surface area contributed by atoms with E-state index in [1.807, 2.05) is 13.8 Å². The summed E-state index contributed by atoms with van der Waals surface area (Å²) in [5, 5.41) is 11.8. The first-order valence-electron chi connectivity index (χ1n) is 6.56. The van der Waals surface area contributed by atoms with Gasteiger partial charge in [-0.2, -0.15) is 0 Å². The van der Waals surface area contributed by atoms with Crippen LogP contribution in [-0.2, 0) is 4.79 Å². The summed E-state index contributed by atoms with van der Waals surface area (Å²) < 4.78 is 0. The first-order valence-corrected chi connectivity index (χ1v) is 6.56. The van der Waals surface area contributed by atoms with Gasteiger partial charge < -0.3 is 15.3 Å². The van der Waals surface area contributed by atoms with Crippen LogP contribution in [0.3, 0.4) is 0 Å². The SMILES string of the molecule is CCN(CC(C)C(=O)O)C(=O)NC(C)CC(C)C. The number of carbonyl (C=O) groups is 2. The normalized spacial score (nSPS) is 14.1. The standard InChI is InChI=1S/C13H26N2O3/c1-6-15(8-10(4)12(16)17)13(18)14-11(5)7-9(2)3/h9-11H,6-8H2,1-5H3,(H,14,18)(H,16,17). The molecule has 2 unspecified atom stereocenters. The molecule has 0 bridgehead atoms. The van der Waals surface area contributed by atoms with Gasteiger partial charge in [-0.3, -0.25) is 4.79 Å². The maximum absolute atomic E-state index is 11.9. The molecule has 106 valence electrons. The zero-order chi connectivity index (χ0) is 14.3. The summed E-state index contributed by atoms with van der Waals surface area (Å²) in [7, 11) is 0. The highest BCUT2D eigenvalue weighted by Gasteiger charge is 2.20. The van der Waals surface area contributed by atoms with Crippen molar-refractivity contribution in [2.75, 3.05) is 13.1 Å². The predicted molar refractivity (Wildman–Crippen MR) is 71.5 cm³/mol. The fourth-order valence-corrected chi connectivity index (χ4v) is 1.83. The average molecular weight is 258 g/mol. The molecule has 0 aliphatic rings. The minimum absolute atomic E-state index is 0.103. The summed E-state index contributed by atoms with van der Waals surface area (Å²) >= 11 is 0. The number of aliphatic carboxylic acids is 1. The van der Waals surface area contributed by atoms with Gasteiger partial charge in [0, 0.05) is 19.1 Å². The van der Waals surface area contributed by atoms with Gasteiger partial charge in [0.15, 0.2) is 0 Å². The number of nitrogens with one attached hydrogen (secondary N) is 1. The second-order valence-electron chi connectivity index (χ2n) is 5.26. The van der Waals surface area contributed by atoms with Crippen molar-refractivity contribution < 1.29 is 14.7 Å². The molecule has 0 fully saturated rings. The zero-order valence-electron chi connectivity index (χ0n) is 12.1. The lowest BCUT2D eigenvalue weighted by Crippen LogP contribution is -2.46. The van der Waals surface area contributed by atoms with E-state index in [4.69, 9.17) is 5.11 Å². The summed E-state index contributed by atoms with van der Waals surface area (Å²) in [5.74, 6) is -0.902. The first kappa shape index (κ1) is 16.7. The van der Waals surface area contributed by atoms with Crippen molar-refractivity contribution in [3.05, 3.63) is 0 Å². The molecule has 0 aliphatic carbocycles. The monoisotopic (exact) mass is 258 g/mol. The molecule has 2 atom stereocenters. The van der Waals surface area contributed by atoms with Gasteiger partial charge in [-0.05, 0) is 26.2 Å². The number of amides is 2. The minimum atomic E-state index is -0.878. The smallest absolute Gasteiger partial charge is 0.317 e. The topological polar surface area (TPSA) is 69.6 Å². The van der Waals surface area contributed by atoms with Crippen molar-refractivity contribution in [1.82, 2.24) is 10.2 Å². The van der Waals surface area contributed by atoms with E-state index in [0.717, 1.165) is 6.42 Å². The summed E-state index contributed by atoms with van der Waals surface area (Å²) in [4.78, 5) is 24.3. The largest absolute Gasteiger partial charge is 0.481 e. The van der Waals surface area contributed by atoms with E-state index in [0.29, 0.717) is 12.5 Å². The molecule has 0 spiro atoms. The van der Waals surface area contributed by atoms with Crippen LogP contribution < -0.4 is 5.32 Å². The summed E-state index contributed by atoms with van der Waals surface area (Å²) in [5.41, 5.74) is 0. The van der Waals surface area contributed by atoms with Crippen molar-refractivity contribution in [3.8, 4) is 0 Å². The van der Waals surface area contributed by atoms with Gasteiger partial charge in [-0.15, -0.1) is 0 Å². The Balaban J connectivity index is 4.30. The molecular formula is C13H26N2O3. The number of urea groups is 1. The highest BCUT2D eigenvalue weighted by atomic mass is 16.4.